The Morgan fingerprint density at radius 3 is 2.66 bits per heavy atom. The first-order chi connectivity index (χ1) is 14.0. The van der Waals surface area contributed by atoms with Crippen LogP contribution in [-0.2, 0) is 9.59 Å². The summed E-state index contributed by atoms with van der Waals surface area (Å²) in [6, 6.07) is 14.3. The van der Waals surface area contributed by atoms with Crippen LogP contribution in [0.5, 0.6) is 5.75 Å². The number of anilines is 1. The Bertz CT molecular complexity index is 962. The second-order valence-electron chi connectivity index (χ2n) is 6.22. The maximum Gasteiger partial charge on any atom is 0.294 e. The Labute approximate surface area is 181 Å². The lowest BCUT2D eigenvalue weighted by atomic mass is 10.2. The largest absolute Gasteiger partial charge is 0.492 e. The summed E-state index contributed by atoms with van der Waals surface area (Å²) in [5, 5.41) is 2.20. The molecule has 8 heteroatoms. The predicted octanol–water partition coefficient (Wildman–Crippen LogP) is 4.91. The Hall–Kier alpha value is -2.58. The lowest BCUT2D eigenvalue weighted by Gasteiger charge is -2.12. The number of halogens is 1. The Morgan fingerprint density at radius 1 is 1.21 bits per heavy atom. The third-order valence-electron chi connectivity index (χ3n) is 3.95. The molecule has 0 spiro atoms. The number of nitrogens with zero attached hydrogens (tertiary/aromatic N) is 1. The van der Waals surface area contributed by atoms with Gasteiger partial charge in [-0.1, -0.05) is 31.2 Å². The number of para-hydroxylation sites is 1. The second kappa shape index (κ2) is 9.76. The van der Waals surface area contributed by atoms with Gasteiger partial charge in [-0.15, -0.1) is 0 Å². The van der Waals surface area contributed by atoms with Gasteiger partial charge in [-0.2, -0.15) is 0 Å². The van der Waals surface area contributed by atoms with E-state index in [-0.39, 0.29) is 11.4 Å². The molecule has 2 aromatic rings. The molecule has 0 atom stereocenters. The normalized spacial score (nSPS) is 15.1. The lowest BCUT2D eigenvalue weighted by molar-refractivity contribution is -0.127. The summed E-state index contributed by atoms with van der Waals surface area (Å²) in [6.45, 7) is 2.31. The number of hydrogen-bond acceptors (Lipinski definition) is 5. The number of amides is 3. The molecule has 6 nitrogen and oxygen atoms in total. The van der Waals surface area contributed by atoms with E-state index in [1.54, 1.807) is 30.3 Å². The summed E-state index contributed by atoms with van der Waals surface area (Å²) in [7, 11) is 0. The lowest BCUT2D eigenvalue weighted by Crippen LogP contribution is -2.36. The van der Waals surface area contributed by atoms with Crippen LogP contribution in [0.2, 0.25) is 0 Å². The number of rotatable bonds is 7. The minimum absolute atomic E-state index is 0.275. The van der Waals surface area contributed by atoms with Crippen LogP contribution in [-0.4, -0.2) is 35.1 Å². The van der Waals surface area contributed by atoms with Crippen molar-refractivity contribution in [3.05, 3.63) is 63.5 Å². The fourth-order valence-electron chi connectivity index (χ4n) is 2.59. The van der Waals surface area contributed by atoms with Crippen LogP contribution in [0.15, 0.2) is 57.9 Å². The third kappa shape index (κ3) is 5.48. The molecule has 0 aliphatic carbocycles. The Morgan fingerprint density at radius 2 is 1.97 bits per heavy atom. The van der Waals surface area contributed by atoms with Crippen LogP contribution in [0.1, 0.15) is 18.9 Å². The molecule has 3 amide bonds. The molecule has 0 unspecified atom stereocenters. The standard InChI is InChI=1S/C21H19BrN2O4S/c1-2-10-28-17-9-8-14(11-16(17)22)12-18-20(26)24(21(27)29-18)13-19(25)23-15-6-4-3-5-7-15/h3-9,11-12H,2,10,13H2,1H3,(H,23,25)/b18-12-. The van der Waals surface area contributed by atoms with E-state index in [0.717, 1.165) is 38.9 Å². The summed E-state index contributed by atoms with van der Waals surface area (Å²) in [4.78, 5) is 38.2. The van der Waals surface area contributed by atoms with Crippen molar-refractivity contribution in [2.75, 3.05) is 18.5 Å². The average Bonchev–Trinajstić information content (AvgIpc) is 2.95. The Kier molecular flexibility index (Phi) is 7.11. The number of nitrogens with one attached hydrogen (secondary N) is 1. The maximum absolute atomic E-state index is 12.6. The van der Waals surface area contributed by atoms with Crippen molar-refractivity contribution in [3.8, 4) is 5.75 Å². The monoisotopic (exact) mass is 474 g/mol. The first-order valence-electron chi connectivity index (χ1n) is 9.00. The van der Waals surface area contributed by atoms with E-state index in [2.05, 4.69) is 21.2 Å². The van der Waals surface area contributed by atoms with Gasteiger partial charge < -0.3 is 10.1 Å². The summed E-state index contributed by atoms with van der Waals surface area (Å²) in [5.74, 6) is -0.194. The van der Waals surface area contributed by atoms with Crippen LogP contribution in [0, 0.1) is 0 Å². The van der Waals surface area contributed by atoms with E-state index in [9.17, 15) is 14.4 Å². The molecule has 1 N–H and O–H groups in total. The van der Waals surface area contributed by atoms with Gasteiger partial charge in [0.1, 0.15) is 12.3 Å². The van der Waals surface area contributed by atoms with E-state index in [4.69, 9.17) is 4.74 Å². The topological polar surface area (TPSA) is 75.7 Å². The van der Waals surface area contributed by atoms with Crippen molar-refractivity contribution < 1.29 is 19.1 Å². The molecule has 1 fully saturated rings. The number of hydrogen-bond donors (Lipinski definition) is 1. The van der Waals surface area contributed by atoms with Crippen molar-refractivity contribution in [3.63, 3.8) is 0 Å². The molecule has 0 bridgehead atoms. The SMILES string of the molecule is CCCOc1ccc(/C=C2\SC(=O)N(CC(=O)Nc3ccccc3)C2=O)cc1Br. The highest BCUT2D eigenvalue weighted by Crippen LogP contribution is 2.33. The molecule has 0 saturated carbocycles. The van der Waals surface area contributed by atoms with Gasteiger partial charge in [0, 0.05) is 5.69 Å². The van der Waals surface area contributed by atoms with Gasteiger partial charge in [-0.05, 0) is 70.0 Å². The van der Waals surface area contributed by atoms with Crippen molar-refractivity contribution in [1.82, 2.24) is 4.90 Å². The zero-order valence-corrected chi connectivity index (χ0v) is 18.1. The molecule has 2 aromatic carbocycles. The fourth-order valence-corrected chi connectivity index (χ4v) is 3.94. The summed E-state index contributed by atoms with van der Waals surface area (Å²) >= 11 is 4.27. The highest BCUT2D eigenvalue weighted by atomic mass is 79.9. The fraction of sp³-hybridized carbons (Fsp3) is 0.190. The summed E-state index contributed by atoms with van der Waals surface area (Å²) < 4.78 is 6.38. The van der Waals surface area contributed by atoms with E-state index in [0.29, 0.717) is 12.3 Å². The van der Waals surface area contributed by atoms with Crippen molar-refractivity contribution in [2.45, 2.75) is 13.3 Å². The van der Waals surface area contributed by atoms with Gasteiger partial charge in [-0.3, -0.25) is 19.3 Å². The first kappa shape index (κ1) is 21.1. The number of imide groups is 1. The molecule has 150 valence electrons. The van der Waals surface area contributed by atoms with Crippen LogP contribution >= 0.6 is 27.7 Å². The van der Waals surface area contributed by atoms with Gasteiger partial charge in [0.2, 0.25) is 5.91 Å². The highest BCUT2D eigenvalue weighted by Gasteiger charge is 2.36. The minimum atomic E-state index is -0.481. The molecular weight excluding hydrogens is 456 g/mol. The molecule has 0 radical (unpaired) electrons. The summed E-state index contributed by atoms with van der Waals surface area (Å²) in [5.41, 5.74) is 1.36. The average molecular weight is 475 g/mol. The van der Waals surface area contributed by atoms with Gasteiger partial charge in [0.15, 0.2) is 0 Å². The second-order valence-corrected chi connectivity index (χ2v) is 8.07. The van der Waals surface area contributed by atoms with Crippen molar-refractivity contribution >= 4 is 56.5 Å². The Balaban J connectivity index is 1.68. The quantitative estimate of drug-likeness (QED) is 0.576. The van der Waals surface area contributed by atoms with E-state index in [1.165, 1.54) is 0 Å². The molecular formula is C21H19BrN2O4S. The number of carbonyl (C=O) groups is 3. The van der Waals surface area contributed by atoms with E-state index >= 15 is 0 Å². The number of thioether (sulfide) groups is 1. The van der Waals surface area contributed by atoms with Crippen LogP contribution in [0.4, 0.5) is 10.5 Å². The van der Waals surface area contributed by atoms with E-state index in [1.807, 2.05) is 31.2 Å². The van der Waals surface area contributed by atoms with Crippen molar-refractivity contribution in [2.24, 2.45) is 0 Å². The number of benzene rings is 2. The minimum Gasteiger partial charge on any atom is -0.492 e. The van der Waals surface area contributed by atoms with Crippen LogP contribution in [0.25, 0.3) is 6.08 Å². The zero-order chi connectivity index (χ0) is 20.8. The molecule has 29 heavy (non-hydrogen) atoms. The van der Waals surface area contributed by atoms with Gasteiger partial charge in [0.25, 0.3) is 11.1 Å². The molecule has 1 aliphatic heterocycles. The smallest absolute Gasteiger partial charge is 0.294 e. The highest BCUT2D eigenvalue weighted by molar-refractivity contribution is 9.10. The number of ether oxygens (including phenoxy) is 1. The van der Waals surface area contributed by atoms with Crippen LogP contribution in [0.3, 0.4) is 0 Å². The maximum atomic E-state index is 12.6. The van der Waals surface area contributed by atoms with Gasteiger partial charge >= 0.3 is 0 Å². The molecule has 0 aromatic heterocycles. The molecule has 1 heterocycles. The van der Waals surface area contributed by atoms with Gasteiger partial charge in [-0.25, -0.2) is 0 Å². The molecule has 1 saturated heterocycles. The van der Waals surface area contributed by atoms with Crippen LogP contribution < -0.4 is 10.1 Å². The van der Waals surface area contributed by atoms with Gasteiger partial charge in [0.05, 0.1) is 16.0 Å². The van der Waals surface area contributed by atoms with E-state index < -0.39 is 17.1 Å². The van der Waals surface area contributed by atoms with Crippen molar-refractivity contribution in [1.29, 1.82) is 0 Å². The third-order valence-corrected chi connectivity index (χ3v) is 5.48. The molecule has 3 rings (SSSR count). The summed E-state index contributed by atoms with van der Waals surface area (Å²) in [6.07, 6.45) is 2.54. The first-order valence-corrected chi connectivity index (χ1v) is 10.6. The number of carbonyl (C=O) groups excluding carboxylic acids is 3. The predicted molar refractivity (Wildman–Crippen MR) is 118 cm³/mol. The zero-order valence-electron chi connectivity index (χ0n) is 15.7. The molecule has 1 aliphatic rings.